The molecule has 0 N–H and O–H groups in total. The van der Waals surface area contributed by atoms with Gasteiger partial charge >= 0.3 is 5.69 Å². The summed E-state index contributed by atoms with van der Waals surface area (Å²) in [5.41, 5.74) is 1.16. The maximum Gasteiger partial charge on any atom is 0.366 e. The summed E-state index contributed by atoms with van der Waals surface area (Å²) >= 11 is 0. The van der Waals surface area contributed by atoms with E-state index < -0.39 is 0 Å². The summed E-state index contributed by atoms with van der Waals surface area (Å²) in [6, 6.07) is 17.1. The van der Waals surface area contributed by atoms with Gasteiger partial charge in [-0.05, 0) is 18.6 Å². The number of benzene rings is 2. The van der Waals surface area contributed by atoms with Crippen LogP contribution < -0.4 is 16.1 Å². The highest BCUT2D eigenvalue weighted by molar-refractivity contribution is 5.93. The number of nitrogens with zero attached hydrogens (tertiary/aromatic N) is 5. The Morgan fingerprint density at radius 1 is 0.935 bits per heavy atom. The summed E-state index contributed by atoms with van der Waals surface area (Å²) in [5, 5.41) is 5.78. The third-order valence-electron chi connectivity index (χ3n) is 5.15. The fraction of sp³-hybridized carbons (Fsp3) is 0.261. The molecule has 0 atom stereocenters. The van der Waals surface area contributed by atoms with Crippen molar-refractivity contribution in [1.82, 2.24) is 19.1 Å². The molecule has 0 unspecified atom stereocenters. The van der Waals surface area contributed by atoms with Gasteiger partial charge in [-0.15, -0.1) is 9.89 Å². The van der Waals surface area contributed by atoms with Gasteiger partial charge in [-0.25, -0.2) is 4.79 Å². The topological polar surface area (TPSA) is 74.3 Å². The third kappa shape index (κ3) is 3.89. The summed E-state index contributed by atoms with van der Waals surface area (Å²) in [6.07, 6.45) is 1.65. The first kappa shape index (κ1) is 20.6. The first-order valence-corrected chi connectivity index (χ1v) is 10.1. The van der Waals surface area contributed by atoms with Gasteiger partial charge in [-0.3, -0.25) is 9.36 Å². The molecule has 0 aliphatic heterocycles. The maximum absolute atomic E-state index is 13.2. The SMILES string of the molecule is CCn1c(COCc2ccccc2)nn(-n2cc(N(C)C)c3ccccc3c2=O)c1=O. The van der Waals surface area contributed by atoms with Crippen LogP contribution in [-0.4, -0.2) is 33.2 Å². The molecule has 0 amide bonds. The average Bonchev–Trinajstić information content (AvgIpc) is 3.09. The normalized spacial score (nSPS) is 11.2. The van der Waals surface area contributed by atoms with Crippen molar-refractivity contribution in [2.75, 3.05) is 19.0 Å². The number of fused-ring (bicyclic) bond motifs is 1. The van der Waals surface area contributed by atoms with E-state index in [2.05, 4.69) is 5.10 Å². The predicted molar refractivity (Wildman–Crippen MR) is 120 cm³/mol. The monoisotopic (exact) mass is 419 g/mol. The molecule has 4 aromatic rings. The van der Waals surface area contributed by atoms with Crippen LogP contribution in [0.1, 0.15) is 18.3 Å². The lowest BCUT2D eigenvalue weighted by molar-refractivity contribution is 0.0987. The highest BCUT2D eigenvalue weighted by atomic mass is 16.5. The first-order valence-electron chi connectivity index (χ1n) is 10.1. The number of rotatable bonds is 7. The number of hydrogen-bond donors (Lipinski definition) is 0. The van der Waals surface area contributed by atoms with Gasteiger partial charge in [-0.2, -0.15) is 4.68 Å². The minimum absolute atomic E-state index is 0.161. The fourth-order valence-corrected chi connectivity index (χ4v) is 3.58. The number of anilines is 1. The van der Waals surface area contributed by atoms with Gasteiger partial charge in [0.2, 0.25) is 0 Å². The molecule has 0 bridgehead atoms. The lowest BCUT2D eigenvalue weighted by Gasteiger charge is -2.17. The minimum atomic E-state index is -0.386. The highest BCUT2D eigenvalue weighted by Gasteiger charge is 2.17. The molecule has 0 aliphatic carbocycles. The van der Waals surface area contributed by atoms with Crippen LogP contribution in [0.2, 0.25) is 0 Å². The maximum atomic E-state index is 13.2. The molecule has 2 aromatic heterocycles. The summed E-state index contributed by atoms with van der Waals surface area (Å²) in [6.45, 7) is 2.86. The lowest BCUT2D eigenvalue weighted by Crippen LogP contribution is -2.36. The zero-order valence-corrected chi connectivity index (χ0v) is 17.9. The van der Waals surface area contributed by atoms with Crippen molar-refractivity contribution >= 4 is 16.5 Å². The second-order valence-corrected chi connectivity index (χ2v) is 7.41. The minimum Gasteiger partial charge on any atom is -0.376 e. The van der Waals surface area contributed by atoms with Crippen molar-refractivity contribution in [1.29, 1.82) is 0 Å². The predicted octanol–water partition coefficient (Wildman–Crippen LogP) is 2.47. The van der Waals surface area contributed by atoms with E-state index in [-0.39, 0.29) is 17.9 Å². The first-order chi connectivity index (χ1) is 15.0. The molecule has 2 heterocycles. The Morgan fingerprint density at radius 2 is 1.61 bits per heavy atom. The lowest BCUT2D eigenvalue weighted by atomic mass is 10.1. The molecular formula is C23H25N5O3. The number of pyridine rings is 1. The van der Waals surface area contributed by atoms with E-state index in [0.29, 0.717) is 24.4 Å². The van der Waals surface area contributed by atoms with Gasteiger partial charge in [0.25, 0.3) is 5.56 Å². The number of aromatic nitrogens is 4. The molecule has 0 saturated carbocycles. The molecule has 160 valence electrons. The molecule has 0 aliphatic rings. The van der Waals surface area contributed by atoms with E-state index in [4.69, 9.17) is 4.74 Å². The number of hydrogen-bond acceptors (Lipinski definition) is 5. The van der Waals surface area contributed by atoms with Gasteiger partial charge < -0.3 is 9.64 Å². The van der Waals surface area contributed by atoms with Crippen LogP contribution >= 0.6 is 0 Å². The van der Waals surface area contributed by atoms with Crippen LogP contribution in [0.5, 0.6) is 0 Å². The molecule has 2 aromatic carbocycles. The largest absolute Gasteiger partial charge is 0.376 e. The van der Waals surface area contributed by atoms with E-state index in [1.807, 2.05) is 74.4 Å². The second-order valence-electron chi connectivity index (χ2n) is 7.41. The van der Waals surface area contributed by atoms with Crippen molar-refractivity contribution in [3.05, 3.63) is 93.0 Å². The molecular weight excluding hydrogens is 394 g/mol. The van der Waals surface area contributed by atoms with Crippen LogP contribution in [0.25, 0.3) is 10.8 Å². The van der Waals surface area contributed by atoms with E-state index in [1.165, 1.54) is 9.24 Å². The van der Waals surface area contributed by atoms with Crippen molar-refractivity contribution in [2.24, 2.45) is 0 Å². The second kappa shape index (κ2) is 8.61. The molecule has 8 nitrogen and oxygen atoms in total. The zero-order chi connectivity index (χ0) is 22.0. The number of ether oxygens (including phenoxy) is 1. The molecule has 0 radical (unpaired) electrons. The summed E-state index contributed by atoms with van der Waals surface area (Å²) in [4.78, 5) is 29.3. The molecule has 0 spiro atoms. The van der Waals surface area contributed by atoms with Gasteiger partial charge in [0.05, 0.1) is 23.9 Å². The Balaban J connectivity index is 1.75. The Bertz CT molecular complexity index is 1320. The van der Waals surface area contributed by atoms with Crippen LogP contribution in [0.3, 0.4) is 0 Å². The van der Waals surface area contributed by atoms with Crippen LogP contribution in [-0.2, 0) is 24.5 Å². The van der Waals surface area contributed by atoms with E-state index in [0.717, 1.165) is 21.4 Å². The highest BCUT2D eigenvalue weighted by Crippen LogP contribution is 2.22. The Morgan fingerprint density at radius 3 is 2.29 bits per heavy atom. The Hall–Kier alpha value is -3.65. The van der Waals surface area contributed by atoms with E-state index in [1.54, 1.807) is 12.3 Å². The van der Waals surface area contributed by atoms with Gasteiger partial charge in [-0.1, -0.05) is 48.5 Å². The zero-order valence-electron chi connectivity index (χ0n) is 17.9. The quantitative estimate of drug-likeness (QED) is 0.460. The average molecular weight is 419 g/mol. The van der Waals surface area contributed by atoms with Crippen molar-refractivity contribution in [3.8, 4) is 0 Å². The van der Waals surface area contributed by atoms with Gasteiger partial charge in [0.15, 0.2) is 5.82 Å². The van der Waals surface area contributed by atoms with E-state index in [9.17, 15) is 9.59 Å². The third-order valence-corrected chi connectivity index (χ3v) is 5.15. The van der Waals surface area contributed by atoms with Crippen molar-refractivity contribution in [3.63, 3.8) is 0 Å². The molecule has 4 rings (SSSR count). The fourth-order valence-electron chi connectivity index (χ4n) is 3.58. The molecule has 0 saturated heterocycles. The van der Waals surface area contributed by atoms with Crippen LogP contribution in [0.4, 0.5) is 5.69 Å². The molecule has 31 heavy (non-hydrogen) atoms. The summed E-state index contributed by atoms with van der Waals surface area (Å²) < 4.78 is 8.57. The molecule has 8 heteroatoms. The van der Waals surface area contributed by atoms with Crippen LogP contribution in [0.15, 0.2) is 70.4 Å². The molecule has 0 fully saturated rings. The van der Waals surface area contributed by atoms with Crippen LogP contribution in [0, 0.1) is 0 Å². The summed E-state index contributed by atoms with van der Waals surface area (Å²) in [7, 11) is 3.79. The summed E-state index contributed by atoms with van der Waals surface area (Å²) in [5.74, 6) is 0.467. The van der Waals surface area contributed by atoms with E-state index >= 15 is 0 Å². The van der Waals surface area contributed by atoms with Gasteiger partial charge in [0.1, 0.15) is 6.61 Å². The standard InChI is InChI=1S/C23H25N5O3/c1-4-26-21(16-31-15-17-10-6-5-7-11-17)24-28(23(26)30)27-14-20(25(2)3)18-12-8-9-13-19(18)22(27)29/h5-14H,4,15-16H2,1-3H3. The van der Waals surface area contributed by atoms with Gasteiger partial charge in [0, 0.05) is 26.0 Å². The van der Waals surface area contributed by atoms with Crippen molar-refractivity contribution < 1.29 is 4.74 Å². The smallest absolute Gasteiger partial charge is 0.366 e. The van der Waals surface area contributed by atoms with Crippen molar-refractivity contribution in [2.45, 2.75) is 26.7 Å². The Labute approximate surface area is 179 Å². The Kier molecular flexibility index (Phi) is 5.73.